The van der Waals surface area contributed by atoms with Gasteiger partial charge >= 0.3 is 0 Å². The second-order valence-corrected chi connectivity index (χ2v) is 4.95. The molecule has 0 fully saturated rings. The minimum absolute atomic E-state index is 0.529. The quantitative estimate of drug-likeness (QED) is 0.784. The van der Waals surface area contributed by atoms with Crippen LogP contribution in [0.15, 0.2) is 24.5 Å². The molecule has 0 N–H and O–H groups in total. The van der Waals surface area contributed by atoms with E-state index < -0.39 is 0 Å². The van der Waals surface area contributed by atoms with Gasteiger partial charge in [0, 0.05) is 11.1 Å². The highest BCUT2D eigenvalue weighted by Crippen LogP contribution is 2.37. The van der Waals surface area contributed by atoms with E-state index in [0.29, 0.717) is 5.15 Å². The minimum Gasteiger partial charge on any atom is -0.493 e. The van der Waals surface area contributed by atoms with Gasteiger partial charge in [-0.15, -0.1) is 0 Å². The maximum atomic E-state index is 6.17. The van der Waals surface area contributed by atoms with E-state index in [4.69, 9.17) is 16.3 Å². The first-order valence-electron chi connectivity index (χ1n) is 6.55. The fourth-order valence-corrected chi connectivity index (χ4v) is 2.78. The Morgan fingerprint density at radius 2 is 2.21 bits per heavy atom. The van der Waals surface area contributed by atoms with Crippen LogP contribution in [0.1, 0.15) is 24.5 Å². The summed E-state index contributed by atoms with van der Waals surface area (Å²) >= 11 is 6.17. The van der Waals surface area contributed by atoms with Crippen molar-refractivity contribution < 1.29 is 4.74 Å². The van der Waals surface area contributed by atoms with Crippen molar-refractivity contribution in [3.8, 4) is 17.0 Å². The molecule has 19 heavy (non-hydrogen) atoms. The monoisotopic (exact) mass is 274 g/mol. The topological polar surface area (TPSA) is 35.0 Å². The van der Waals surface area contributed by atoms with Crippen LogP contribution in [0.3, 0.4) is 0 Å². The predicted molar refractivity (Wildman–Crippen MR) is 75.7 cm³/mol. The lowest BCUT2D eigenvalue weighted by molar-refractivity contribution is 0.289. The third-order valence-corrected chi connectivity index (χ3v) is 3.76. The Labute approximate surface area is 117 Å². The molecule has 4 heteroatoms. The summed E-state index contributed by atoms with van der Waals surface area (Å²) in [5.74, 6) is 0.957. The van der Waals surface area contributed by atoms with Crippen molar-refractivity contribution in [2.75, 3.05) is 6.61 Å². The predicted octanol–water partition coefficient (Wildman–Crippen LogP) is 3.68. The highest BCUT2D eigenvalue weighted by Gasteiger charge is 2.19. The van der Waals surface area contributed by atoms with Crippen LogP contribution in [0.2, 0.25) is 5.15 Å². The van der Waals surface area contributed by atoms with Crippen molar-refractivity contribution in [3.63, 3.8) is 0 Å². The van der Waals surface area contributed by atoms with Crippen LogP contribution in [0.25, 0.3) is 11.3 Å². The summed E-state index contributed by atoms with van der Waals surface area (Å²) in [7, 11) is 0. The molecule has 0 unspecified atom stereocenters. The van der Waals surface area contributed by atoms with Gasteiger partial charge in [0.25, 0.3) is 0 Å². The second-order valence-electron chi connectivity index (χ2n) is 4.59. The molecular formula is C15H15ClN2O. The Morgan fingerprint density at radius 3 is 3.05 bits per heavy atom. The third-order valence-electron chi connectivity index (χ3n) is 3.43. The number of halogens is 1. The summed E-state index contributed by atoms with van der Waals surface area (Å²) in [6, 6.07) is 6.21. The average Bonchev–Trinajstić information content (AvgIpc) is 2.46. The molecule has 0 saturated heterocycles. The molecule has 0 saturated carbocycles. The summed E-state index contributed by atoms with van der Waals surface area (Å²) in [4.78, 5) is 8.47. The van der Waals surface area contributed by atoms with E-state index in [2.05, 4.69) is 29.0 Å². The molecule has 0 radical (unpaired) electrons. The van der Waals surface area contributed by atoms with Gasteiger partial charge in [0.05, 0.1) is 12.3 Å². The summed E-state index contributed by atoms with van der Waals surface area (Å²) in [6.45, 7) is 2.83. The summed E-state index contributed by atoms with van der Waals surface area (Å²) < 4.78 is 5.84. The average molecular weight is 275 g/mol. The van der Waals surface area contributed by atoms with E-state index in [9.17, 15) is 0 Å². The summed E-state index contributed by atoms with van der Waals surface area (Å²) in [5.41, 5.74) is 4.15. The smallest absolute Gasteiger partial charge is 0.136 e. The maximum absolute atomic E-state index is 6.17. The second kappa shape index (κ2) is 5.17. The van der Waals surface area contributed by atoms with Crippen LogP contribution < -0.4 is 4.74 Å². The Morgan fingerprint density at radius 1 is 1.32 bits per heavy atom. The van der Waals surface area contributed by atoms with E-state index >= 15 is 0 Å². The lowest BCUT2D eigenvalue weighted by atomic mass is 9.98. The number of nitrogens with zero attached hydrogens (tertiary/aromatic N) is 2. The van der Waals surface area contributed by atoms with Gasteiger partial charge < -0.3 is 4.74 Å². The van der Waals surface area contributed by atoms with Gasteiger partial charge in [0.15, 0.2) is 0 Å². The summed E-state index contributed by atoms with van der Waals surface area (Å²) in [5, 5.41) is 0.529. The lowest BCUT2D eigenvalue weighted by Crippen LogP contribution is -2.10. The number of fused-ring (bicyclic) bond motifs is 1. The molecule has 1 aliphatic heterocycles. The van der Waals surface area contributed by atoms with Gasteiger partial charge in [-0.2, -0.15) is 0 Å². The highest BCUT2D eigenvalue weighted by atomic mass is 35.5. The highest BCUT2D eigenvalue weighted by molar-refractivity contribution is 6.30. The van der Waals surface area contributed by atoms with Gasteiger partial charge in [-0.3, -0.25) is 0 Å². The molecule has 0 bridgehead atoms. The number of ether oxygens (including phenoxy) is 1. The number of hydrogen-bond donors (Lipinski definition) is 0. The van der Waals surface area contributed by atoms with Gasteiger partial charge in [-0.1, -0.05) is 30.7 Å². The first-order valence-corrected chi connectivity index (χ1v) is 6.93. The Balaban J connectivity index is 2.20. The van der Waals surface area contributed by atoms with Crippen molar-refractivity contribution in [2.45, 2.75) is 26.2 Å². The molecule has 2 heterocycles. The standard InChI is InChI=1S/C15H15ClN2O/c1-2-11-13(17-9-18-15(11)16)12-7-3-5-10-6-4-8-19-14(10)12/h3,5,7,9H,2,4,6,8H2,1H3. The van der Waals surface area contributed by atoms with Crippen molar-refractivity contribution >= 4 is 11.6 Å². The van der Waals surface area contributed by atoms with Crippen LogP contribution >= 0.6 is 11.6 Å². The van der Waals surface area contributed by atoms with E-state index in [1.807, 2.05) is 6.07 Å². The fourth-order valence-electron chi connectivity index (χ4n) is 2.51. The Kier molecular flexibility index (Phi) is 3.38. The van der Waals surface area contributed by atoms with Crippen LogP contribution in [-0.2, 0) is 12.8 Å². The Bertz CT molecular complexity index is 613. The molecule has 3 nitrogen and oxygen atoms in total. The van der Waals surface area contributed by atoms with Crippen LogP contribution in [-0.4, -0.2) is 16.6 Å². The van der Waals surface area contributed by atoms with E-state index in [0.717, 1.165) is 48.4 Å². The van der Waals surface area contributed by atoms with Crippen LogP contribution in [0, 0.1) is 0 Å². The molecule has 0 spiro atoms. The van der Waals surface area contributed by atoms with Crippen molar-refractivity contribution in [3.05, 3.63) is 40.8 Å². The van der Waals surface area contributed by atoms with Crippen molar-refractivity contribution in [1.29, 1.82) is 0 Å². The zero-order chi connectivity index (χ0) is 13.2. The lowest BCUT2D eigenvalue weighted by Gasteiger charge is -2.21. The largest absolute Gasteiger partial charge is 0.493 e. The van der Waals surface area contributed by atoms with Crippen LogP contribution in [0.4, 0.5) is 0 Å². The first-order chi connectivity index (χ1) is 9.31. The van der Waals surface area contributed by atoms with Gasteiger partial charge in [-0.25, -0.2) is 9.97 Å². The molecule has 0 aliphatic carbocycles. The number of aryl methyl sites for hydroxylation is 1. The molecular weight excluding hydrogens is 260 g/mol. The van der Waals surface area contributed by atoms with E-state index in [1.54, 1.807) is 0 Å². The number of benzene rings is 1. The Hall–Kier alpha value is -1.61. The third kappa shape index (κ3) is 2.19. The SMILES string of the molecule is CCc1c(Cl)ncnc1-c1cccc2c1OCCC2. The van der Waals surface area contributed by atoms with Crippen molar-refractivity contribution in [1.82, 2.24) is 9.97 Å². The number of para-hydroxylation sites is 1. The van der Waals surface area contributed by atoms with Gasteiger partial charge in [0.1, 0.15) is 17.2 Å². The molecule has 1 aromatic carbocycles. The number of rotatable bonds is 2. The van der Waals surface area contributed by atoms with E-state index in [-0.39, 0.29) is 0 Å². The molecule has 0 amide bonds. The zero-order valence-electron chi connectivity index (χ0n) is 10.8. The molecule has 0 atom stereocenters. The van der Waals surface area contributed by atoms with Crippen molar-refractivity contribution in [2.24, 2.45) is 0 Å². The maximum Gasteiger partial charge on any atom is 0.136 e. The normalized spacial score (nSPS) is 13.8. The molecule has 98 valence electrons. The fraction of sp³-hybridized carbons (Fsp3) is 0.333. The number of hydrogen-bond acceptors (Lipinski definition) is 3. The zero-order valence-corrected chi connectivity index (χ0v) is 11.6. The van der Waals surface area contributed by atoms with Crippen LogP contribution in [0.5, 0.6) is 5.75 Å². The minimum atomic E-state index is 0.529. The molecule has 3 rings (SSSR count). The first kappa shape index (κ1) is 12.4. The van der Waals surface area contributed by atoms with Gasteiger partial charge in [0.2, 0.25) is 0 Å². The molecule has 1 aromatic heterocycles. The molecule has 1 aliphatic rings. The number of aromatic nitrogens is 2. The van der Waals surface area contributed by atoms with E-state index in [1.165, 1.54) is 11.9 Å². The summed E-state index contributed by atoms with van der Waals surface area (Å²) in [6.07, 6.45) is 4.45. The molecule has 2 aromatic rings. The van der Waals surface area contributed by atoms with Gasteiger partial charge in [-0.05, 0) is 30.9 Å².